The summed E-state index contributed by atoms with van der Waals surface area (Å²) in [6, 6.07) is 8.37. The molecule has 3 heterocycles. The van der Waals surface area contributed by atoms with E-state index in [1.54, 1.807) is 36.0 Å². The van der Waals surface area contributed by atoms with Gasteiger partial charge in [-0.1, -0.05) is 0 Å². The largest absolute Gasteiger partial charge is 0.497 e. The minimum Gasteiger partial charge on any atom is -0.497 e. The fourth-order valence-electron chi connectivity index (χ4n) is 6.33. The summed E-state index contributed by atoms with van der Waals surface area (Å²) in [4.78, 5) is 7.36. The molecule has 2 aromatic carbocycles. The number of methoxy groups -OCH3 is 2. The number of anilines is 1. The topological polar surface area (TPSA) is 118 Å². The van der Waals surface area contributed by atoms with E-state index in [4.69, 9.17) is 18.9 Å². The van der Waals surface area contributed by atoms with Gasteiger partial charge in [-0.25, -0.2) is 40.5 Å². The number of rotatable bonds is 11. The van der Waals surface area contributed by atoms with Crippen LogP contribution in [0.25, 0.3) is 0 Å². The molecule has 0 radical (unpaired) electrons. The van der Waals surface area contributed by atoms with E-state index in [1.165, 1.54) is 32.8 Å². The second-order valence-corrected chi connectivity index (χ2v) is 14.1. The van der Waals surface area contributed by atoms with Crippen LogP contribution in [-0.2, 0) is 21.3 Å². The maximum Gasteiger partial charge on any atom is 0.268 e. The van der Waals surface area contributed by atoms with Crippen molar-refractivity contribution in [2.75, 3.05) is 25.1 Å². The molecule has 0 spiro atoms. The van der Waals surface area contributed by atoms with Crippen molar-refractivity contribution in [3.05, 3.63) is 83.8 Å². The van der Waals surface area contributed by atoms with Crippen molar-refractivity contribution < 1.29 is 40.5 Å². The van der Waals surface area contributed by atoms with Gasteiger partial charge < -0.3 is 18.9 Å². The van der Waals surface area contributed by atoms with E-state index < -0.39 is 45.1 Å². The Hall–Kier alpha value is -4.37. The Bertz CT molecular complexity index is 1870. The summed E-state index contributed by atoms with van der Waals surface area (Å²) in [5.41, 5.74) is 1.44. The minimum absolute atomic E-state index is 0.00305. The molecule has 2 aromatic heterocycles. The third-order valence-electron chi connectivity index (χ3n) is 8.98. The van der Waals surface area contributed by atoms with Crippen LogP contribution in [0.3, 0.4) is 0 Å². The maximum absolute atomic E-state index is 16.0. The fraction of sp³-hybridized carbons (Fsp3) is 0.441. The molecule has 11 nitrogen and oxygen atoms in total. The van der Waals surface area contributed by atoms with Gasteiger partial charge in [0.15, 0.2) is 0 Å². The third-order valence-corrected chi connectivity index (χ3v) is 10.7. The molecule has 2 fully saturated rings. The lowest BCUT2D eigenvalue weighted by Crippen LogP contribution is -2.38. The van der Waals surface area contributed by atoms with Crippen molar-refractivity contribution in [1.29, 1.82) is 0 Å². The first-order chi connectivity index (χ1) is 23.5. The molecule has 6 rings (SSSR count). The fourth-order valence-corrected chi connectivity index (χ4v) is 7.86. The van der Waals surface area contributed by atoms with Crippen molar-refractivity contribution in [2.24, 2.45) is 0 Å². The summed E-state index contributed by atoms with van der Waals surface area (Å²) in [6.45, 7) is 1.91. The molecule has 0 amide bonds. The number of ether oxygens (including phenoxy) is 4. The highest BCUT2D eigenvalue weighted by Gasteiger charge is 2.44. The number of benzene rings is 2. The highest BCUT2D eigenvalue weighted by Crippen LogP contribution is 2.44. The molecule has 3 unspecified atom stereocenters. The number of hydrogen-bond acceptors (Lipinski definition) is 9. The van der Waals surface area contributed by atoms with Crippen LogP contribution in [0.1, 0.15) is 67.4 Å². The van der Waals surface area contributed by atoms with E-state index >= 15 is 4.39 Å². The number of nitrogens with zero attached hydrogens (tertiary/aromatic N) is 5. The summed E-state index contributed by atoms with van der Waals surface area (Å²) in [5, 5.41) is 4.45. The number of aryl methyl sites for hydroxylation is 1. The Kier molecular flexibility index (Phi) is 10.0. The standard InChI is InChI=1S/C34H38F3N5O6S/c1-22-14-31(49(43,44)42(32-10-12-38-21-39-32)20-23-7-8-25(45-2)15-29(23)46-3)27(35)16-28(22)48-30-17-34(36,37)11-9-26(30)24-18-40-41(19-24)33-6-4-5-13-47-33/h7-8,10,12,14-16,18-19,21,26,30,33H,4-6,9,11,13,17,20H2,1-3H3. The van der Waals surface area contributed by atoms with Crippen LogP contribution < -0.4 is 18.5 Å². The van der Waals surface area contributed by atoms with E-state index in [9.17, 15) is 17.2 Å². The van der Waals surface area contributed by atoms with Crippen molar-refractivity contribution in [3.63, 3.8) is 0 Å². The van der Waals surface area contributed by atoms with Gasteiger partial charge in [0.2, 0.25) is 0 Å². The first-order valence-electron chi connectivity index (χ1n) is 16.0. The van der Waals surface area contributed by atoms with Gasteiger partial charge in [0.25, 0.3) is 15.9 Å². The second-order valence-electron chi connectivity index (χ2n) is 12.2. The Morgan fingerprint density at radius 2 is 1.92 bits per heavy atom. The van der Waals surface area contributed by atoms with Gasteiger partial charge >= 0.3 is 0 Å². The monoisotopic (exact) mass is 701 g/mol. The number of alkyl halides is 2. The summed E-state index contributed by atoms with van der Waals surface area (Å²) < 4.78 is 99.2. The number of aromatic nitrogens is 4. The lowest BCUT2D eigenvalue weighted by atomic mass is 9.81. The Morgan fingerprint density at radius 3 is 2.63 bits per heavy atom. The minimum atomic E-state index is -4.59. The molecule has 49 heavy (non-hydrogen) atoms. The second kappa shape index (κ2) is 14.2. The lowest BCUT2D eigenvalue weighted by Gasteiger charge is -2.36. The van der Waals surface area contributed by atoms with Gasteiger partial charge in [0.1, 0.15) is 52.4 Å². The molecule has 15 heteroatoms. The zero-order valence-corrected chi connectivity index (χ0v) is 28.2. The van der Waals surface area contributed by atoms with Crippen molar-refractivity contribution in [1.82, 2.24) is 19.7 Å². The van der Waals surface area contributed by atoms with Gasteiger partial charge in [-0.15, -0.1) is 0 Å². The maximum atomic E-state index is 16.0. The predicted octanol–water partition coefficient (Wildman–Crippen LogP) is 6.58. The Balaban J connectivity index is 1.30. The molecule has 0 bridgehead atoms. The average molecular weight is 702 g/mol. The average Bonchev–Trinajstić information content (AvgIpc) is 3.59. The lowest BCUT2D eigenvalue weighted by molar-refractivity contribution is -0.0775. The summed E-state index contributed by atoms with van der Waals surface area (Å²) in [6.07, 6.45) is 6.77. The molecule has 1 aliphatic carbocycles. The third kappa shape index (κ3) is 7.47. The summed E-state index contributed by atoms with van der Waals surface area (Å²) >= 11 is 0. The molecule has 3 atom stereocenters. The Labute approximate surface area is 283 Å². The molecule has 1 aliphatic heterocycles. The zero-order valence-electron chi connectivity index (χ0n) is 27.4. The molecule has 1 saturated heterocycles. The smallest absolute Gasteiger partial charge is 0.268 e. The van der Waals surface area contributed by atoms with E-state index in [2.05, 4.69) is 15.1 Å². The first kappa shape index (κ1) is 34.5. The van der Waals surface area contributed by atoms with Crippen LogP contribution >= 0.6 is 0 Å². The highest BCUT2D eigenvalue weighted by molar-refractivity contribution is 7.92. The SMILES string of the molecule is COc1ccc(CN(c2ccncn2)S(=O)(=O)c2cc(C)c(OC3CC(F)(F)CCC3c3cnn(C4CCCCO4)c3)cc2F)c(OC)c1. The number of sulfonamides is 1. The quantitative estimate of drug-likeness (QED) is 0.171. The zero-order chi connectivity index (χ0) is 34.8. The molecule has 0 N–H and O–H groups in total. The molecule has 262 valence electrons. The number of hydrogen-bond donors (Lipinski definition) is 0. The highest BCUT2D eigenvalue weighted by atomic mass is 32.2. The summed E-state index contributed by atoms with van der Waals surface area (Å²) in [5.74, 6) is -3.73. The molecule has 4 aromatic rings. The van der Waals surface area contributed by atoms with Gasteiger partial charge in [0, 0.05) is 61.5 Å². The molecule has 1 saturated carbocycles. The van der Waals surface area contributed by atoms with Crippen LogP contribution in [0.15, 0.2) is 66.2 Å². The normalized spacial score (nSPS) is 20.8. The van der Waals surface area contributed by atoms with Crippen LogP contribution in [0.5, 0.6) is 17.2 Å². The van der Waals surface area contributed by atoms with Gasteiger partial charge in [-0.05, 0) is 61.9 Å². The van der Waals surface area contributed by atoms with Crippen LogP contribution in [0.4, 0.5) is 19.0 Å². The predicted molar refractivity (Wildman–Crippen MR) is 173 cm³/mol. The Morgan fingerprint density at radius 1 is 1.08 bits per heavy atom. The van der Waals surface area contributed by atoms with Crippen LogP contribution in [-0.4, -0.2) is 61.0 Å². The van der Waals surface area contributed by atoms with Gasteiger partial charge in [-0.3, -0.25) is 0 Å². The van der Waals surface area contributed by atoms with Crippen molar-refractivity contribution in [2.45, 2.75) is 81.1 Å². The molecule has 2 aliphatic rings. The van der Waals surface area contributed by atoms with Gasteiger partial charge in [0.05, 0.1) is 27.0 Å². The van der Waals surface area contributed by atoms with Crippen LogP contribution in [0, 0.1) is 12.7 Å². The number of halogens is 3. The van der Waals surface area contributed by atoms with Crippen LogP contribution in [0.2, 0.25) is 0 Å². The van der Waals surface area contributed by atoms with E-state index in [1.807, 2.05) is 6.20 Å². The summed E-state index contributed by atoms with van der Waals surface area (Å²) in [7, 11) is -1.66. The van der Waals surface area contributed by atoms with Crippen molar-refractivity contribution in [3.8, 4) is 17.2 Å². The van der Waals surface area contributed by atoms with E-state index in [-0.39, 0.29) is 42.7 Å². The van der Waals surface area contributed by atoms with E-state index in [0.717, 1.165) is 41.3 Å². The van der Waals surface area contributed by atoms with Crippen molar-refractivity contribution >= 4 is 15.8 Å². The first-order valence-corrected chi connectivity index (χ1v) is 17.4. The molecular formula is C34H38F3N5O6S. The van der Waals surface area contributed by atoms with E-state index in [0.29, 0.717) is 23.7 Å². The van der Waals surface area contributed by atoms with Gasteiger partial charge in [-0.2, -0.15) is 5.10 Å². The molecular weight excluding hydrogens is 663 g/mol.